The second kappa shape index (κ2) is 9.42. The first-order valence-corrected chi connectivity index (χ1v) is 10.3. The van der Waals surface area contributed by atoms with Crippen molar-refractivity contribution < 1.29 is 13.2 Å². The molecule has 5 nitrogen and oxygen atoms in total. The molecule has 1 saturated heterocycles. The second-order valence-electron chi connectivity index (χ2n) is 8.00. The SMILES string of the molecule is Cc1cc(NC(C)c2cc(N)cc(C(F)(F)F)c2)c2cc(N3CCNCC3)ccc2n1.Cl. The highest BCUT2D eigenvalue weighted by Crippen LogP contribution is 2.35. The van der Waals surface area contributed by atoms with Gasteiger partial charge in [-0.25, -0.2) is 0 Å². The number of benzene rings is 2. The molecule has 32 heavy (non-hydrogen) atoms. The lowest BCUT2D eigenvalue weighted by atomic mass is 10.0. The molecule has 2 aromatic carbocycles. The van der Waals surface area contributed by atoms with Crippen LogP contribution >= 0.6 is 12.4 Å². The molecule has 172 valence electrons. The second-order valence-corrected chi connectivity index (χ2v) is 8.00. The Morgan fingerprint density at radius 2 is 1.81 bits per heavy atom. The smallest absolute Gasteiger partial charge is 0.399 e. The number of nitrogens with zero attached hydrogens (tertiary/aromatic N) is 2. The number of aryl methyl sites for hydroxylation is 1. The summed E-state index contributed by atoms with van der Waals surface area (Å²) < 4.78 is 39.7. The molecule has 9 heteroatoms. The summed E-state index contributed by atoms with van der Waals surface area (Å²) in [5.41, 5.74) is 9.21. The van der Waals surface area contributed by atoms with Crippen molar-refractivity contribution in [3.63, 3.8) is 0 Å². The summed E-state index contributed by atoms with van der Waals surface area (Å²) in [7, 11) is 0. The summed E-state index contributed by atoms with van der Waals surface area (Å²) in [6.45, 7) is 7.45. The molecule has 0 spiro atoms. The minimum Gasteiger partial charge on any atom is -0.399 e. The van der Waals surface area contributed by atoms with Gasteiger partial charge in [-0.1, -0.05) is 0 Å². The number of nitrogens with two attached hydrogens (primary N) is 1. The largest absolute Gasteiger partial charge is 0.416 e. The Morgan fingerprint density at radius 1 is 1.09 bits per heavy atom. The number of piperazine rings is 1. The van der Waals surface area contributed by atoms with Crippen LogP contribution in [0.2, 0.25) is 0 Å². The van der Waals surface area contributed by atoms with Gasteiger partial charge in [0.05, 0.1) is 11.1 Å². The molecule has 4 N–H and O–H groups in total. The predicted molar refractivity (Wildman–Crippen MR) is 127 cm³/mol. The fraction of sp³-hybridized carbons (Fsp3) is 0.348. The number of pyridine rings is 1. The molecule has 0 aliphatic carbocycles. The van der Waals surface area contributed by atoms with E-state index in [0.717, 1.165) is 66.3 Å². The number of fused-ring (bicyclic) bond motifs is 1. The molecular weight excluding hydrogens is 439 g/mol. The van der Waals surface area contributed by atoms with E-state index in [-0.39, 0.29) is 24.1 Å². The Balaban J connectivity index is 0.00000289. The van der Waals surface area contributed by atoms with Crippen molar-refractivity contribution in [3.8, 4) is 0 Å². The van der Waals surface area contributed by atoms with Crippen molar-refractivity contribution in [1.29, 1.82) is 0 Å². The molecule has 3 aromatic rings. The van der Waals surface area contributed by atoms with E-state index in [9.17, 15) is 13.2 Å². The van der Waals surface area contributed by atoms with Gasteiger partial charge in [0.25, 0.3) is 0 Å². The minimum atomic E-state index is -4.44. The minimum absolute atomic E-state index is 0. The summed E-state index contributed by atoms with van der Waals surface area (Å²) in [5.74, 6) is 0. The molecule has 1 atom stereocenters. The fourth-order valence-electron chi connectivity index (χ4n) is 3.99. The van der Waals surface area contributed by atoms with E-state index in [1.54, 1.807) is 6.07 Å². The van der Waals surface area contributed by atoms with Gasteiger partial charge in [-0.15, -0.1) is 12.4 Å². The molecule has 0 bridgehead atoms. The zero-order valence-electron chi connectivity index (χ0n) is 18.0. The van der Waals surface area contributed by atoms with Crippen molar-refractivity contribution in [2.24, 2.45) is 0 Å². The summed E-state index contributed by atoms with van der Waals surface area (Å²) in [6, 6.07) is 11.4. The van der Waals surface area contributed by atoms with Crippen LogP contribution in [0.1, 0.15) is 29.8 Å². The molecule has 1 unspecified atom stereocenters. The Morgan fingerprint density at radius 3 is 2.50 bits per heavy atom. The van der Waals surface area contributed by atoms with Gasteiger partial charge in [-0.05, 0) is 61.9 Å². The summed E-state index contributed by atoms with van der Waals surface area (Å²) >= 11 is 0. The van der Waals surface area contributed by atoms with Crippen LogP contribution in [0.15, 0.2) is 42.5 Å². The van der Waals surface area contributed by atoms with Gasteiger partial charge < -0.3 is 21.3 Å². The van der Waals surface area contributed by atoms with E-state index in [2.05, 4.69) is 32.7 Å². The molecule has 1 aliphatic heterocycles. The van der Waals surface area contributed by atoms with Crippen molar-refractivity contribution in [1.82, 2.24) is 10.3 Å². The Hall–Kier alpha value is -2.71. The first-order valence-electron chi connectivity index (χ1n) is 10.3. The van der Waals surface area contributed by atoms with Crippen LogP contribution in [0.4, 0.5) is 30.2 Å². The quantitative estimate of drug-likeness (QED) is 0.465. The van der Waals surface area contributed by atoms with E-state index in [0.29, 0.717) is 5.56 Å². The third-order valence-corrected chi connectivity index (χ3v) is 5.58. The summed E-state index contributed by atoms with van der Waals surface area (Å²) in [6.07, 6.45) is -4.44. The highest BCUT2D eigenvalue weighted by atomic mass is 35.5. The first kappa shape index (κ1) is 23.9. The molecule has 4 rings (SSSR count). The maximum atomic E-state index is 13.2. The van der Waals surface area contributed by atoms with Crippen LogP contribution < -0.4 is 21.3 Å². The zero-order chi connectivity index (χ0) is 22.2. The molecular formula is C23H27ClF3N5. The van der Waals surface area contributed by atoms with Crippen molar-refractivity contribution in [2.75, 3.05) is 42.1 Å². The van der Waals surface area contributed by atoms with Gasteiger partial charge in [0.1, 0.15) is 0 Å². The Kier molecular flexibility index (Phi) is 7.05. The van der Waals surface area contributed by atoms with Gasteiger partial charge in [0.2, 0.25) is 0 Å². The molecule has 2 heterocycles. The lowest BCUT2D eigenvalue weighted by Gasteiger charge is -2.30. The molecule has 0 radical (unpaired) electrons. The molecule has 1 aliphatic rings. The van der Waals surface area contributed by atoms with Crippen molar-refractivity contribution in [2.45, 2.75) is 26.1 Å². The Labute approximate surface area is 191 Å². The molecule has 0 saturated carbocycles. The van der Waals surface area contributed by atoms with E-state index >= 15 is 0 Å². The lowest BCUT2D eigenvalue weighted by Crippen LogP contribution is -2.43. The molecule has 1 fully saturated rings. The van der Waals surface area contributed by atoms with Crippen molar-refractivity contribution in [3.05, 3.63) is 59.3 Å². The average Bonchev–Trinajstić information content (AvgIpc) is 2.73. The van der Waals surface area contributed by atoms with Crippen LogP contribution in [0.25, 0.3) is 10.9 Å². The van der Waals surface area contributed by atoms with Crippen LogP contribution in [0.5, 0.6) is 0 Å². The third-order valence-electron chi connectivity index (χ3n) is 5.58. The van der Waals surface area contributed by atoms with E-state index < -0.39 is 11.7 Å². The van der Waals surface area contributed by atoms with E-state index in [4.69, 9.17) is 5.73 Å². The monoisotopic (exact) mass is 465 g/mol. The molecule has 0 amide bonds. The first-order chi connectivity index (χ1) is 14.7. The van der Waals surface area contributed by atoms with Crippen LogP contribution in [0, 0.1) is 6.92 Å². The van der Waals surface area contributed by atoms with Gasteiger partial charge in [0, 0.05) is 60.4 Å². The number of halogens is 4. The molecule has 1 aromatic heterocycles. The van der Waals surface area contributed by atoms with Gasteiger partial charge in [0.15, 0.2) is 0 Å². The topological polar surface area (TPSA) is 66.2 Å². The zero-order valence-corrected chi connectivity index (χ0v) is 18.8. The highest BCUT2D eigenvalue weighted by molar-refractivity contribution is 5.94. The maximum Gasteiger partial charge on any atom is 0.416 e. The number of aromatic nitrogens is 1. The normalized spacial score (nSPS) is 15.3. The third kappa shape index (κ3) is 5.19. The standard InChI is InChI=1S/C23H26F3N5.ClH/c1-14-9-22(30-15(2)16-10-17(23(24,25)26)12-18(27)11-16)20-13-19(3-4-21(20)29-14)31-7-5-28-6-8-31;/h3-4,9-13,15,28H,5-8,27H2,1-2H3,(H,29,30);1H. The van der Waals surface area contributed by atoms with E-state index in [1.165, 1.54) is 0 Å². The number of rotatable bonds is 4. The number of hydrogen-bond donors (Lipinski definition) is 3. The van der Waals surface area contributed by atoms with Crippen LogP contribution in [0.3, 0.4) is 0 Å². The maximum absolute atomic E-state index is 13.2. The van der Waals surface area contributed by atoms with Crippen LogP contribution in [-0.2, 0) is 6.18 Å². The van der Waals surface area contributed by atoms with Gasteiger partial charge in [-0.2, -0.15) is 13.2 Å². The van der Waals surface area contributed by atoms with E-state index in [1.807, 2.05) is 26.0 Å². The van der Waals surface area contributed by atoms with Gasteiger partial charge in [-0.3, -0.25) is 4.98 Å². The van der Waals surface area contributed by atoms with Crippen molar-refractivity contribution >= 4 is 40.4 Å². The number of alkyl halides is 3. The summed E-state index contributed by atoms with van der Waals surface area (Å²) in [4.78, 5) is 6.94. The lowest BCUT2D eigenvalue weighted by molar-refractivity contribution is -0.137. The highest BCUT2D eigenvalue weighted by Gasteiger charge is 2.31. The Bertz CT molecular complexity index is 1100. The number of nitrogen functional groups attached to an aromatic ring is 1. The number of anilines is 3. The fourth-order valence-corrected chi connectivity index (χ4v) is 3.99. The number of hydrogen-bond acceptors (Lipinski definition) is 5. The average molecular weight is 466 g/mol. The van der Waals surface area contributed by atoms with Gasteiger partial charge >= 0.3 is 6.18 Å². The predicted octanol–water partition coefficient (Wildman–Crippen LogP) is 5.15. The van der Waals surface area contributed by atoms with Crippen LogP contribution in [-0.4, -0.2) is 31.2 Å². The number of nitrogens with one attached hydrogen (secondary N) is 2. The summed E-state index contributed by atoms with van der Waals surface area (Å²) in [5, 5.41) is 7.67.